The number of fused-ring (bicyclic) bond motifs is 1. The molecule has 2 rings (SSSR count). The number of hydrogen-bond donors (Lipinski definition) is 1. The summed E-state index contributed by atoms with van der Waals surface area (Å²) >= 11 is 0. The second-order valence-electron chi connectivity index (χ2n) is 3.82. The smallest absolute Gasteiger partial charge is 0.222 e. The van der Waals surface area contributed by atoms with Crippen molar-refractivity contribution >= 4 is 17.0 Å². The molecule has 0 amide bonds. The Morgan fingerprint density at radius 1 is 1.40 bits per heavy atom. The number of aromatic nitrogens is 4. The van der Waals surface area contributed by atoms with Gasteiger partial charge in [0.05, 0.1) is 17.3 Å². The second-order valence-corrected chi connectivity index (χ2v) is 3.82. The Balaban J connectivity index is 2.76. The van der Waals surface area contributed by atoms with Gasteiger partial charge in [-0.2, -0.15) is 10.1 Å². The van der Waals surface area contributed by atoms with E-state index in [1.807, 2.05) is 17.8 Å². The Hall–Kier alpha value is -1.65. The molecule has 0 bridgehead atoms. The van der Waals surface area contributed by atoms with Gasteiger partial charge in [0.2, 0.25) is 5.95 Å². The third kappa shape index (κ3) is 1.54. The third-order valence-electron chi connectivity index (χ3n) is 2.39. The van der Waals surface area contributed by atoms with Crippen LogP contribution in [0.1, 0.15) is 32.4 Å². The van der Waals surface area contributed by atoms with Crippen molar-refractivity contribution in [2.75, 3.05) is 5.73 Å². The highest BCUT2D eigenvalue weighted by molar-refractivity contribution is 5.78. The zero-order chi connectivity index (χ0) is 11.0. The van der Waals surface area contributed by atoms with Crippen LogP contribution in [0.2, 0.25) is 0 Å². The standard InChI is InChI=1S/C10H15N5/c1-4-15-9-7(5-12-15)8(6(2)3)13-10(11)14-9/h5-6H,4H2,1-3H3,(H2,11,13,14). The summed E-state index contributed by atoms with van der Waals surface area (Å²) in [6.45, 7) is 6.99. The minimum atomic E-state index is 0.321. The molecule has 0 atom stereocenters. The molecular weight excluding hydrogens is 190 g/mol. The highest BCUT2D eigenvalue weighted by Crippen LogP contribution is 2.22. The molecule has 5 heteroatoms. The first kappa shape index (κ1) is 9.89. The maximum Gasteiger partial charge on any atom is 0.222 e. The molecule has 2 aromatic heterocycles. The van der Waals surface area contributed by atoms with Crippen LogP contribution in [0.25, 0.3) is 11.0 Å². The Morgan fingerprint density at radius 3 is 2.73 bits per heavy atom. The summed E-state index contributed by atoms with van der Waals surface area (Å²) < 4.78 is 1.83. The lowest BCUT2D eigenvalue weighted by Crippen LogP contribution is -2.04. The van der Waals surface area contributed by atoms with Gasteiger partial charge in [0, 0.05) is 6.54 Å². The number of nitrogens with zero attached hydrogens (tertiary/aromatic N) is 4. The van der Waals surface area contributed by atoms with Crippen molar-refractivity contribution in [1.29, 1.82) is 0 Å². The Morgan fingerprint density at radius 2 is 2.13 bits per heavy atom. The lowest BCUT2D eigenvalue weighted by atomic mass is 10.1. The van der Waals surface area contributed by atoms with Crippen LogP contribution in [0.5, 0.6) is 0 Å². The number of aryl methyl sites for hydroxylation is 1. The molecule has 0 saturated heterocycles. The number of rotatable bonds is 2. The molecule has 2 aromatic rings. The SMILES string of the molecule is CCn1ncc2c(C(C)C)nc(N)nc21. The molecular formula is C10H15N5. The first-order valence-corrected chi connectivity index (χ1v) is 5.12. The van der Waals surface area contributed by atoms with Crippen LogP contribution in [0.3, 0.4) is 0 Å². The fourth-order valence-corrected chi connectivity index (χ4v) is 1.67. The van der Waals surface area contributed by atoms with Gasteiger partial charge in [-0.15, -0.1) is 0 Å². The van der Waals surface area contributed by atoms with Crippen LogP contribution in [-0.2, 0) is 6.54 Å². The maximum absolute atomic E-state index is 5.68. The van der Waals surface area contributed by atoms with Crippen molar-refractivity contribution in [2.24, 2.45) is 0 Å². The lowest BCUT2D eigenvalue weighted by Gasteiger charge is -2.06. The largest absolute Gasteiger partial charge is 0.368 e. The van der Waals surface area contributed by atoms with Gasteiger partial charge in [-0.25, -0.2) is 9.67 Å². The minimum Gasteiger partial charge on any atom is -0.368 e. The molecule has 5 nitrogen and oxygen atoms in total. The molecule has 0 unspecified atom stereocenters. The summed E-state index contributed by atoms with van der Waals surface area (Å²) in [6.07, 6.45) is 1.81. The highest BCUT2D eigenvalue weighted by Gasteiger charge is 2.13. The van der Waals surface area contributed by atoms with E-state index in [2.05, 4.69) is 28.9 Å². The number of nitrogens with two attached hydrogens (primary N) is 1. The molecule has 0 radical (unpaired) electrons. The summed E-state index contributed by atoms with van der Waals surface area (Å²) in [5.41, 5.74) is 7.48. The zero-order valence-electron chi connectivity index (χ0n) is 9.23. The van der Waals surface area contributed by atoms with Crippen LogP contribution in [-0.4, -0.2) is 19.7 Å². The summed E-state index contributed by atoms with van der Waals surface area (Å²) in [6, 6.07) is 0. The van der Waals surface area contributed by atoms with Crippen molar-refractivity contribution in [1.82, 2.24) is 19.7 Å². The van der Waals surface area contributed by atoms with E-state index in [1.165, 1.54) is 0 Å². The van der Waals surface area contributed by atoms with Crippen molar-refractivity contribution < 1.29 is 0 Å². The molecule has 2 heterocycles. The first-order valence-electron chi connectivity index (χ1n) is 5.12. The number of nitrogen functional groups attached to an aromatic ring is 1. The van der Waals surface area contributed by atoms with E-state index in [0.717, 1.165) is 23.3 Å². The predicted molar refractivity (Wildman–Crippen MR) is 59.5 cm³/mol. The Kier molecular flexibility index (Phi) is 2.30. The van der Waals surface area contributed by atoms with E-state index < -0.39 is 0 Å². The molecule has 0 aliphatic carbocycles. The summed E-state index contributed by atoms with van der Waals surface area (Å²) in [5.74, 6) is 0.647. The fourth-order valence-electron chi connectivity index (χ4n) is 1.67. The Bertz CT molecular complexity index is 486. The van der Waals surface area contributed by atoms with E-state index in [4.69, 9.17) is 5.73 Å². The van der Waals surface area contributed by atoms with Gasteiger partial charge in [-0.1, -0.05) is 13.8 Å². The van der Waals surface area contributed by atoms with E-state index in [0.29, 0.717) is 11.9 Å². The summed E-state index contributed by atoms with van der Waals surface area (Å²) in [5, 5.41) is 5.26. The predicted octanol–water partition coefficient (Wildman–Crippen LogP) is 1.55. The van der Waals surface area contributed by atoms with Crippen LogP contribution < -0.4 is 5.73 Å². The average Bonchev–Trinajstić information content (AvgIpc) is 2.58. The van der Waals surface area contributed by atoms with Gasteiger partial charge in [0.25, 0.3) is 0 Å². The maximum atomic E-state index is 5.68. The van der Waals surface area contributed by atoms with Crippen molar-refractivity contribution in [3.63, 3.8) is 0 Å². The van der Waals surface area contributed by atoms with Gasteiger partial charge < -0.3 is 5.73 Å². The topological polar surface area (TPSA) is 69.6 Å². The van der Waals surface area contributed by atoms with Crippen molar-refractivity contribution in [3.8, 4) is 0 Å². The van der Waals surface area contributed by atoms with Gasteiger partial charge >= 0.3 is 0 Å². The molecule has 2 N–H and O–H groups in total. The van der Waals surface area contributed by atoms with Crippen LogP contribution in [0.4, 0.5) is 5.95 Å². The molecule has 15 heavy (non-hydrogen) atoms. The molecule has 0 fully saturated rings. The molecule has 0 aromatic carbocycles. The van der Waals surface area contributed by atoms with Crippen molar-refractivity contribution in [3.05, 3.63) is 11.9 Å². The van der Waals surface area contributed by atoms with Crippen LogP contribution in [0.15, 0.2) is 6.20 Å². The van der Waals surface area contributed by atoms with Crippen molar-refractivity contribution in [2.45, 2.75) is 33.2 Å². The van der Waals surface area contributed by atoms with Gasteiger partial charge in [0.15, 0.2) is 5.65 Å². The second kappa shape index (κ2) is 3.49. The first-order chi connectivity index (χ1) is 7.13. The van der Waals surface area contributed by atoms with Crippen LogP contribution >= 0.6 is 0 Å². The third-order valence-corrected chi connectivity index (χ3v) is 2.39. The molecule has 0 aliphatic heterocycles. The average molecular weight is 205 g/mol. The van der Waals surface area contributed by atoms with E-state index in [9.17, 15) is 0 Å². The number of hydrogen-bond acceptors (Lipinski definition) is 4. The molecule has 80 valence electrons. The lowest BCUT2D eigenvalue weighted by molar-refractivity contribution is 0.676. The number of anilines is 1. The molecule has 0 aliphatic rings. The summed E-state index contributed by atoms with van der Waals surface area (Å²) in [7, 11) is 0. The Labute approximate surface area is 88.3 Å². The fraction of sp³-hybridized carbons (Fsp3) is 0.500. The van der Waals surface area contributed by atoms with Crippen LogP contribution in [0, 0.1) is 0 Å². The zero-order valence-corrected chi connectivity index (χ0v) is 9.23. The van der Waals surface area contributed by atoms with Gasteiger partial charge in [-0.3, -0.25) is 0 Å². The summed E-state index contributed by atoms with van der Waals surface area (Å²) in [4.78, 5) is 8.48. The van der Waals surface area contributed by atoms with Gasteiger partial charge in [0.1, 0.15) is 0 Å². The quantitative estimate of drug-likeness (QED) is 0.807. The van der Waals surface area contributed by atoms with Gasteiger partial charge in [-0.05, 0) is 12.8 Å². The van der Waals surface area contributed by atoms with E-state index >= 15 is 0 Å². The highest BCUT2D eigenvalue weighted by atomic mass is 15.3. The molecule has 0 spiro atoms. The van der Waals surface area contributed by atoms with E-state index in [1.54, 1.807) is 0 Å². The minimum absolute atomic E-state index is 0.321. The molecule has 0 saturated carbocycles. The van der Waals surface area contributed by atoms with E-state index in [-0.39, 0.29) is 0 Å². The monoisotopic (exact) mass is 205 g/mol. The normalized spacial score (nSPS) is 11.5.